The maximum atomic E-state index is 13.2. The fraction of sp³-hybridized carbons (Fsp3) is 0.542. The lowest BCUT2D eigenvalue weighted by molar-refractivity contribution is -0.131. The van der Waals surface area contributed by atoms with Crippen molar-refractivity contribution in [2.24, 2.45) is 17.6 Å². The standard InChI is InChI=1S/C24H36N4O3S/c1-15(2)12-19(21(29)24-26-10-11-32-24)27-23(31)20(13-16(3)4)28-22(30)18(25)14-17-8-6-5-7-9-17/h5-11,15-16,18-21,29H,12-14,25H2,1-4H3,(H,27,31)(H,28,30)/t18-,19+,20-,21-/m0/s1. The van der Waals surface area contributed by atoms with Crippen LogP contribution in [0.2, 0.25) is 0 Å². The van der Waals surface area contributed by atoms with Gasteiger partial charge in [-0.2, -0.15) is 0 Å². The van der Waals surface area contributed by atoms with E-state index in [0.29, 0.717) is 24.3 Å². The Labute approximate surface area is 194 Å². The first kappa shape index (κ1) is 26.0. The van der Waals surface area contributed by atoms with Crippen LogP contribution >= 0.6 is 11.3 Å². The van der Waals surface area contributed by atoms with Crippen molar-refractivity contribution in [3.05, 3.63) is 52.5 Å². The van der Waals surface area contributed by atoms with Crippen LogP contribution in [0.4, 0.5) is 0 Å². The minimum atomic E-state index is -0.905. The van der Waals surface area contributed by atoms with Crippen molar-refractivity contribution in [1.82, 2.24) is 15.6 Å². The second-order valence-corrected chi connectivity index (χ2v) is 9.97. The number of thiazole rings is 1. The van der Waals surface area contributed by atoms with Gasteiger partial charge in [-0.25, -0.2) is 4.98 Å². The van der Waals surface area contributed by atoms with Crippen molar-refractivity contribution in [3.63, 3.8) is 0 Å². The molecule has 0 aliphatic heterocycles. The number of hydrogen-bond donors (Lipinski definition) is 4. The Hall–Kier alpha value is -2.29. The van der Waals surface area contributed by atoms with Crippen molar-refractivity contribution in [3.8, 4) is 0 Å². The van der Waals surface area contributed by atoms with Gasteiger partial charge < -0.3 is 21.5 Å². The fourth-order valence-corrected chi connectivity index (χ4v) is 4.24. The Kier molecular flexibility index (Phi) is 10.3. The molecule has 1 aromatic heterocycles. The Bertz CT molecular complexity index is 827. The second-order valence-electron chi connectivity index (χ2n) is 9.05. The fourth-order valence-electron chi connectivity index (χ4n) is 3.55. The molecule has 0 radical (unpaired) electrons. The molecule has 0 aliphatic carbocycles. The number of amides is 2. The van der Waals surface area contributed by atoms with E-state index >= 15 is 0 Å². The highest BCUT2D eigenvalue weighted by Gasteiger charge is 2.30. The molecule has 0 unspecified atom stereocenters. The molecule has 4 atom stereocenters. The van der Waals surface area contributed by atoms with E-state index in [1.54, 1.807) is 11.6 Å². The predicted octanol–water partition coefficient (Wildman–Crippen LogP) is 2.81. The first-order chi connectivity index (χ1) is 15.2. The third-order valence-electron chi connectivity index (χ3n) is 5.11. The molecule has 32 heavy (non-hydrogen) atoms. The Morgan fingerprint density at radius 2 is 1.69 bits per heavy atom. The average Bonchev–Trinajstić information content (AvgIpc) is 3.27. The molecule has 0 bridgehead atoms. The average molecular weight is 461 g/mol. The predicted molar refractivity (Wildman–Crippen MR) is 128 cm³/mol. The Morgan fingerprint density at radius 3 is 2.25 bits per heavy atom. The van der Waals surface area contributed by atoms with Gasteiger partial charge in [-0.05, 0) is 36.7 Å². The van der Waals surface area contributed by atoms with Gasteiger partial charge in [0.1, 0.15) is 17.2 Å². The summed E-state index contributed by atoms with van der Waals surface area (Å²) in [6.07, 6.45) is 2.17. The van der Waals surface area contributed by atoms with E-state index in [9.17, 15) is 14.7 Å². The number of aliphatic hydroxyl groups is 1. The van der Waals surface area contributed by atoms with Gasteiger partial charge in [0.25, 0.3) is 0 Å². The van der Waals surface area contributed by atoms with Gasteiger partial charge in [0.05, 0.1) is 12.1 Å². The number of carbonyl (C=O) groups is 2. The van der Waals surface area contributed by atoms with Gasteiger partial charge in [0.2, 0.25) is 11.8 Å². The van der Waals surface area contributed by atoms with Crippen molar-refractivity contribution < 1.29 is 14.7 Å². The van der Waals surface area contributed by atoms with Crippen molar-refractivity contribution in [1.29, 1.82) is 0 Å². The molecule has 8 heteroatoms. The summed E-state index contributed by atoms with van der Waals surface area (Å²) in [5.74, 6) is -0.244. The van der Waals surface area contributed by atoms with E-state index in [1.165, 1.54) is 11.3 Å². The lowest BCUT2D eigenvalue weighted by Crippen LogP contribution is -2.55. The summed E-state index contributed by atoms with van der Waals surface area (Å²) < 4.78 is 0. The van der Waals surface area contributed by atoms with E-state index in [-0.39, 0.29) is 23.7 Å². The van der Waals surface area contributed by atoms with Crippen LogP contribution in [0.1, 0.15) is 57.2 Å². The van der Waals surface area contributed by atoms with Crippen LogP contribution in [0, 0.1) is 11.8 Å². The van der Waals surface area contributed by atoms with Crippen molar-refractivity contribution >= 4 is 23.2 Å². The van der Waals surface area contributed by atoms with Gasteiger partial charge in [-0.3, -0.25) is 9.59 Å². The molecule has 2 amide bonds. The summed E-state index contributed by atoms with van der Waals surface area (Å²) in [5, 5.41) is 18.9. The van der Waals surface area contributed by atoms with E-state index in [1.807, 2.05) is 58.0 Å². The lowest BCUT2D eigenvalue weighted by atomic mass is 9.97. The number of rotatable bonds is 12. The van der Waals surface area contributed by atoms with Gasteiger partial charge in [0.15, 0.2) is 0 Å². The molecule has 0 fully saturated rings. The smallest absolute Gasteiger partial charge is 0.242 e. The molecule has 176 valence electrons. The highest BCUT2D eigenvalue weighted by atomic mass is 32.1. The highest BCUT2D eigenvalue weighted by molar-refractivity contribution is 7.09. The summed E-state index contributed by atoms with van der Waals surface area (Å²) in [6, 6.07) is 7.55. The summed E-state index contributed by atoms with van der Waals surface area (Å²) in [4.78, 5) is 30.1. The molecule has 0 aliphatic rings. The number of aromatic nitrogens is 1. The summed E-state index contributed by atoms with van der Waals surface area (Å²) in [7, 11) is 0. The molecule has 2 rings (SSSR count). The molecule has 1 heterocycles. The van der Waals surface area contributed by atoms with E-state index in [0.717, 1.165) is 5.56 Å². The van der Waals surface area contributed by atoms with Crippen molar-refractivity contribution in [2.45, 2.75) is 71.2 Å². The van der Waals surface area contributed by atoms with Crippen LogP contribution in [-0.4, -0.2) is 40.0 Å². The molecule has 0 saturated heterocycles. The van der Waals surface area contributed by atoms with Gasteiger partial charge >= 0.3 is 0 Å². The normalized spacial score (nSPS) is 15.2. The SMILES string of the molecule is CC(C)C[C@H](NC(=O)[C@@H](N)Cc1ccccc1)C(=O)N[C@H](CC(C)C)[C@H](O)c1nccs1. The van der Waals surface area contributed by atoms with Gasteiger partial charge in [-0.15, -0.1) is 11.3 Å². The van der Waals surface area contributed by atoms with Crippen LogP contribution in [0.3, 0.4) is 0 Å². The molecule has 7 nitrogen and oxygen atoms in total. The zero-order valence-corrected chi connectivity index (χ0v) is 20.1. The zero-order valence-electron chi connectivity index (χ0n) is 19.3. The van der Waals surface area contributed by atoms with Crippen molar-refractivity contribution in [2.75, 3.05) is 0 Å². The molecular formula is C24H36N4O3S. The summed E-state index contributed by atoms with van der Waals surface area (Å²) >= 11 is 1.35. The summed E-state index contributed by atoms with van der Waals surface area (Å²) in [5.41, 5.74) is 7.08. The molecule has 0 saturated carbocycles. The highest BCUT2D eigenvalue weighted by Crippen LogP contribution is 2.23. The van der Waals surface area contributed by atoms with Crippen LogP contribution in [0.5, 0.6) is 0 Å². The van der Waals surface area contributed by atoms with E-state index in [4.69, 9.17) is 5.73 Å². The third kappa shape index (κ3) is 8.33. The molecule has 5 N–H and O–H groups in total. The summed E-state index contributed by atoms with van der Waals surface area (Å²) in [6.45, 7) is 8.05. The lowest BCUT2D eigenvalue weighted by Gasteiger charge is -2.28. The Morgan fingerprint density at radius 1 is 1.03 bits per heavy atom. The third-order valence-corrected chi connectivity index (χ3v) is 5.96. The number of aliphatic hydroxyl groups excluding tert-OH is 1. The molecule has 1 aromatic carbocycles. The number of nitrogens with zero attached hydrogens (tertiary/aromatic N) is 1. The molecule has 2 aromatic rings. The number of carbonyl (C=O) groups excluding carboxylic acids is 2. The van der Waals surface area contributed by atoms with Gasteiger partial charge in [0, 0.05) is 11.6 Å². The maximum Gasteiger partial charge on any atom is 0.242 e. The van der Waals surface area contributed by atoms with Crippen LogP contribution in [0.25, 0.3) is 0 Å². The minimum absolute atomic E-state index is 0.184. The Balaban J connectivity index is 2.08. The van der Waals surface area contributed by atoms with E-state index in [2.05, 4.69) is 15.6 Å². The van der Waals surface area contributed by atoms with Crippen LogP contribution < -0.4 is 16.4 Å². The topological polar surface area (TPSA) is 117 Å². The molecule has 0 spiro atoms. The number of hydrogen-bond acceptors (Lipinski definition) is 6. The quantitative estimate of drug-likeness (QED) is 0.389. The van der Waals surface area contributed by atoms with Gasteiger partial charge in [-0.1, -0.05) is 58.0 Å². The number of nitrogens with one attached hydrogen (secondary N) is 2. The minimum Gasteiger partial charge on any atom is -0.384 e. The maximum absolute atomic E-state index is 13.2. The first-order valence-corrected chi connectivity index (χ1v) is 12.0. The second kappa shape index (κ2) is 12.7. The first-order valence-electron chi connectivity index (χ1n) is 11.1. The molecular weight excluding hydrogens is 424 g/mol. The van der Waals surface area contributed by atoms with Crippen LogP contribution in [-0.2, 0) is 16.0 Å². The number of benzene rings is 1. The van der Waals surface area contributed by atoms with Crippen LogP contribution in [0.15, 0.2) is 41.9 Å². The zero-order chi connectivity index (χ0) is 23.7. The largest absolute Gasteiger partial charge is 0.384 e. The van der Waals surface area contributed by atoms with E-state index < -0.39 is 24.2 Å². The number of nitrogens with two attached hydrogens (primary N) is 1. The monoisotopic (exact) mass is 460 g/mol.